The zero-order valence-corrected chi connectivity index (χ0v) is 18.5. The van der Waals surface area contributed by atoms with Crippen LogP contribution in [0.25, 0.3) is 0 Å². The fourth-order valence-electron chi connectivity index (χ4n) is 3.14. The summed E-state index contributed by atoms with van der Waals surface area (Å²) in [6.45, 7) is 6.24. The summed E-state index contributed by atoms with van der Waals surface area (Å²) in [5.41, 5.74) is 0.187. The van der Waals surface area contributed by atoms with Crippen molar-refractivity contribution in [3.63, 3.8) is 0 Å². The maximum Gasteiger partial charge on any atom is 0.229 e. The molecule has 0 saturated carbocycles. The molecular weight excluding hydrogens is 379 g/mol. The zero-order valence-electron chi connectivity index (χ0n) is 17.7. The maximum atomic E-state index is 13.5. The molecule has 1 aromatic carbocycles. The van der Waals surface area contributed by atoms with Crippen LogP contribution in [0.15, 0.2) is 24.3 Å². The van der Waals surface area contributed by atoms with E-state index in [0.29, 0.717) is 24.6 Å². The summed E-state index contributed by atoms with van der Waals surface area (Å²) in [4.78, 5) is 0. The van der Waals surface area contributed by atoms with Gasteiger partial charge in [0.1, 0.15) is 5.67 Å². The van der Waals surface area contributed by atoms with Crippen molar-refractivity contribution >= 4 is 15.7 Å². The number of rotatable bonds is 14. The normalized spacial score (nSPS) is 14.6. The number of alkyl halides is 1. The molecule has 0 aliphatic carbocycles. The Morgan fingerprint density at radius 3 is 2.29 bits per heavy atom. The monoisotopic (exact) mass is 416 g/mol. The molecule has 28 heavy (non-hydrogen) atoms. The predicted octanol–water partition coefficient (Wildman–Crippen LogP) is 4.55. The smallest absolute Gasteiger partial charge is 0.229 e. The molecule has 0 saturated heterocycles. The summed E-state index contributed by atoms with van der Waals surface area (Å²) in [6, 6.07) is 7.23. The van der Waals surface area contributed by atoms with E-state index in [4.69, 9.17) is 0 Å². The Balaban J connectivity index is 2.28. The Morgan fingerprint density at radius 2 is 1.75 bits per heavy atom. The second kappa shape index (κ2) is 11.7. The zero-order chi connectivity index (χ0) is 21.2. The van der Waals surface area contributed by atoms with Crippen molar-refractivity contribution in [2.45, 2.75) is 83.5 Å². The van der Waals surface area contributed by atoms with Gasteiger partial charge in [0.05, 0.1) is 12.4 Å². The molecule has 0 heterocycles. The first-order valence-electron chi connectivity index (χ1n) is 10.2. The molecule has 0 amide bonds. The van der Waals surface area contributed by atoms with Crippen LogP contribution in [0.3, 0.4) is 0 Å². The molecular formula is C21H37FN2O3S. The van der Waals surface area contributed by atoms with Gasteiger partial charge in [-0.3, -0.25) is 4.72 Å². The van der Waals surface area contributed by atoms with Crippen LogP contribution in [0.5, 0.6) is 0 Å². The van der Waals surface area contributed by atoms with Crippen molar-refractivity contribution in [2.75, 3.05) is 17.5 Å². The van der Waals surface area contributed by atoms with Gasteiger partial charge in [0.15, 0.2) is 0 Å². The standard InChI is InChI=1S/C21H37FN2O3S/c1-5-18(9-6-7-15-21(2,3)22)23-16-8-10-20(25)17-11-13-19(14-12-17)24-28(4,26)27/h11-14,18,20,23-25H,5-10,15-16H2,1-4H3/t18?,20-/m0/s1. The lowest BCUT2D eigenvalue weighted by molar-refractivity contribution is 0.163. The SMILES string of the molecule is CCC(CCCCC(C)(C)F)NCCC[C@H](O)c1ccc(NS(C)(=O)=O)cc1. The molecule has 0 aliphatic heterocycles. The van der Waals surface area contributed by atoms with Gasteiger partial charge in [-0.05, 0) is 70.2 Å². The van der Waals surface area contributed by atoms with Gasteiger partial charge >= 0.3 is 0 Å². The number of unbranched alkanes of at least 4 members (excludes halogenated alkanes) is 1. The third-order valence-corrected chi connectivity index (χ3v) is 5.36. The first kappa shape index (κ1) is 24.9. The minimum Gasteiger partial charge on any atom is -0.388 e. The average molecular weight is 417 g/mol. The third kappa shape index (κ3) is 11.6. The molecule has 0 aromatic heterocycles. The highest BCUT2D eigenvalue weighted by Gasteiger charge is 2.15. The number of aliphatic hydroxyl groups excluding tert-OH is 1. The highest BCUT2D eigenvalue weighted by atomic mass is 32.2. The van der Waals surface area contributed by atoms with Crippen molar-refractivity contribution in [3.05, 3.63) is 29.8 Å². The van der Waals surface area contributed by atoms with E-state index < -0.39 is 21.8 Å². The lowest BCUT2D eigenvalue weighted by Gasteiger charge is -2.19. The van der Waals surface area contributed by atoms with Crippen molar-refractivity contribution < 1.29 is 17.9 Å². The van der Waals surface area contributed by atoms with Crippen LogP contribution in [0.4, 0.5) is 10.1 Å². The van der Waals surface area contributed by atoms with Gasteiger partial charge in [-0.25, -0.2) is 12.8 Å². The summed E-state index contributed by atoms with van der Waals surface area (Å²) in [7, 11) is -3.29. The van der Waals surface area contributed by atoms with Gasteiger partial charge in [0, 0.05) is 11.7 Å². The van der Waals surface area contributed by atoms with E-state index in [0.717, 1.165) is 50.5 Å². The molecule has 0 spiro atoms. The van der Waals surface area contributed by atoms with E-state index in [1.54, 1.807) is 38.1 Å². The lowest BCUT2D eigenvalue weighted by Crippen LogP contribution is -2.29. The van der Waals surface area contributed by atoms with Crippen molar-refractivity contribution in [1.29, 1.82) is 0 Å². The van der Waals surface area contributed by atoms with Gasteiger partial charge in [0.2, 0.25) is 10.0 Å². The molecule has 0 aliphatic rings. The number of hydrogen-bond donors (Lipinski definition) is 3. The largest absolute Gasteiger partial charge is 0.388 e. The van der Waals surface area contributed by atoms with Gasteiger partial charge in [-0.1, -0.05) is 31.9 Å². The van der Waals surface area contributed by atoms with E-state index in [-0.39, 0.29) is 0 Å². The molecule has 0 bridgehead atoms. The Kier molecular flexibility index (Phi) is 10.4. The number of anilines is 1. The first-order valence-corrected chi connectivity index (χ1v) is 12.1. The molecule has 0 radical (unpaired) electrons. The molecule has 1 unspecified atom stereocenters. The van der Waals surface area contributed by atoms with Crippen molar-refractivity contribution in [1.82, 2.24) is 5.32 Å². The molecule has 162 valence electrons. The summed E-state index contributed by atoms with van der Waals surface area (Å²) < 4.78 is 38.3. The van der Waals surface area contributed by atoms with Crippen molar-refractivity contribution in [3.8, 4) is 0 Å². The summed E-state index contributed by atoms with van der Waals surface area (Å²) in [5.74, 6) is 0. The van der Waals surface area contributed by atoms with Crippen LogP contribution in [0, 0.1) is 0 Å². The maximum absolute atomic E-state index is 13.5. The lowest BCUT2D eigenvalue weighted by atomic mass is 9.99. The molecule has 5 nitrogen and oxygen atoms in total. The Morgan fingerprint density at radius 1 is 1.11 bits per heavy atom. The number of nitrogens with one attached hydrogen (secondary N) is 2. The average Bonchev–Trinajstić information content (AvgIpc) is 2.58. The summed E-state index contributed by atoms with van der Waals surface area (Å²) in [6.07, 6.45) is 6.64. The third-order valence-electron chi connectivity index (χ3n) is 4.75. The summed E-state index contributed by atoms with van der Waals surface area (Å²) >= 11 is 0. The molecule has 1 aromatic rings. The van der Waals surface area contributed by atoms with Gasteiger partial charge < -0.3 is 10.4 Å². The number of halogens is 1. The van der Waals surface area contributed by atoms with E-state index in [1.807, 2.05) is 0 Å². The van der Waals surface area contributed by atoms with Crippen LogP contribution in [-0.4, -0.2) is 38.0 Å². The Hall–Kier alpha value is -1.18. The quantitative estimate of drug-likeness (QED) is 0.389. The fraction of sp³-hybridized carbons (Fsp3) is 0.714. The predicted molar refractivity (Wildman–Crippen MR) is 115 cm³/mol. The molecule has 1 rings (SSSR count). The molecule has 0 fully saturated rings. The number of aliphatic hydroxyl groups is 1. The van der Waals surface area contributed by atoms with Crippen LogP contribution < -0.4 is 10.0 Å². The first-order chi connectivity index (χ1) is 13.0. The highest BCUT2D eigenvalue weighted by molar-refractivity contribution is 7.92. The van der Waals surface area contributed by atoms with Crippen molar-refractivity contribution in [2.24, 2.45) is 0 Å². The minimum absolute atomic E-state index is 0.432. The van der Waals surface area contributed by atoms with Crippen LogP contribution in [0.1, 0.15) is 77.4 Å². The Labute approximate surface area is 170 Å². The van der Waals surface area contributed by atoms with Crippen LogP contribution in [-0.2, 0) is 10.0 Å². The molecule has 2 atom stereocenters. The van der Waals surface area contributed by atoms with Gasteiger partial charge in [-0.2, -0.15) is 0 Å². The number of benzene rings is 1. The van der Waals surface area contributed by atoms with Gasteiger partial charge in [0.25, 0.3) is 0 Å². The molecule has 3 N–H and O–H groups in total. The fourth-order valence-corrected chi connectivity index (χ4v) is 3.71. The second-order valence-electron chi connectivity index (χ2n) is 8.18. The number of sulfonamides is 1. The second-order valence-corrected chi connectivity index (χ2v) is 9.93. The van der Waals surface area contributed by atoms with E-state index >= 15 is 0 Å². The highest BCUT2D eigenvalue weighted by Crippen LogP contribution is 2.21. The minimum atomic E-state index is -3.29. The van der Waals surface area contributed by atoms with E-state index in [2.05, 4.69) is 17.0 Å². The van der Waals surface area contributed by atoms with E-state index in [9.17, 15) is 17.9 Å². The Bertz CT molecular complexity index is 657. The van der Waals surface area contributed by atoms with Gasteiger partial charge in [-0.15, -0.1) is 0 Å². The summed E-state index contributed by atoms with van der Waals surface area (Å²) in [5, 5.41) is 13.8. The molecule has 7 heteroatoms. The van der Waals surface area contributed by atoms with Crippen LogP contribution >= 0.6 is 0 Å². The van der Waals surface area contributed by atoms with E-state index in [1.165, 1.54) is 0 Å². The van der Waals surface area contributed by atoms with Crippen LogP contribution in [0.2, 0.25) is 0 Å². The topological polar surface area (TPSA) is 78.4 Å². The number of hydrogen-bond acceptors (Lipinski definition) is 4.